The van der Waals surface area contributed by atoms with Crippen molar-refractivity contribution in [3.05, 3.63) is 64.7 Å². The van der Waals surface area contributed by atoms with Crippen molar-refractivity contribution in [1.29, 1.82) is 0 Å². The molecule has 28 heavy (non-hydrogen) atoms. The van der Waals surface area contributed by atoms with Crippen LogP contribution in [0.3, 0.4) is 0 Å². The number of esters is 1. The van der Waals surface area contributed by atoms with Crippen molar-refractivity contribution in [2.24, 2.45) is 0 Å². The molecule has 0 spiro atoms. The molecule has 1 atom stereocenters. The minimum atomic E-state index is -1.28. The van der Waals surface area contributed by atoms with E-state index in [1.54, 1.807) is 13.0 Å². The second-order valence-corrected chi connectivity index (χ2v) is 6.46. The lowest BCUT2D eigenvalue weighted by Gasteiger charge is -2.14. The number of amides is 1. The van der Waals surface area contributed by atoms with Gasteiger partial charge in [-0.25, -0.2) is 8.78 Å². The zero-order valence-electron chi connectivity index (χ0n) is 15.8. The second-order valence-electron chi connectivity index (χ2n) is 6.46. The summed E-state index contributed by atoms with van der Waals surface area (Å²) >= 11 is 0. The normalized spacial score (nSPS) is 11.6. The molecule has 0 bridgehead atoms. The summed E-state index contributed by atoms with van der Waals surface area (Å²) in [5.74, 6) is -3.71. The first kappa shape index (κ1) is 21.2. The maximum Gasteiger partial charge on any atom is 0.307 e. The zero-order valence-corrected chi connectivity index (χ0v) is 15.8. The molecule has 2 rings (SSSR count). The summed E-state index contributed by atoms with van der Waals surface area (Å²) in [4.78, 5) is 36.2. The molecule has 0 saturated carbocycles. The van der Waals surface area contributed by atoms with Crippen molar-refractivity contribution < 1.29 is 27.9 Å². The van der Waals surface area contributed by atoms with E-state index in [-0.39, 0.29) is 18.6 Å². The number of para-hydroxylation sites is 1. The highest BCUT2D eigenvalue weighted by molar-refractivity contribution is 5.99. The van der Waals surface area contributed by atoms with Crippen molar-refractivity contribution >= 4 is 23.3 Å². The molecule has 2 aromatic rings. The van der Waals surface area contributed by atoms with E-state index in [0.29, 0.717) is 5.56 Å². The van der Waals surface area contributed by atoms with E-state index in [2.05, 4.69) is 5.32 Å². The van der Waals surface area contributed by atoms with Gasteiger partial charge in [0, 0.05) is 12.0 Å². The van der Waals surface area contributed by atoms with Crippen molar-refractivity contribution in [1.82, 2.24) is 0 Å². The van der Waals surface area contributed by atoms with Crippen LogP contribution in [0.25, 0.3) is 0 Å². The van der Waals surface area contributed by atoms with Gasteiger partial charge in [-0.2, -0.15) is 0 Å². The van der Waals surface area contributed by atoms with Gasteiger partial charge in [-0.15, -0.1) is 0 Å². The molecule has 0 radical (unpaired) electrons. The van der Waals surface area contributed by atoms with Crippen LogP contribution < -0.4 is 5.32 Å². The number of rotatable bonds is 7. The minimum absolute atomic E-state index is 0.0700. The molecule has 148 valence electrons. The maximum atomic E-state index is 13.6. The number of ketones is 1. The summed E-state index contributed by atoms with van der Waals surface area (Å²) in [5, 5.41) is 2.05. The molecule has 1 amide bonds. The topological polar surface area (TPSA) is 72.5 Å². The first-order valence-corrected chi connectivity index (χ1v) is 8.74. The Morgan fingerprint density at radius 1 is 1.04 bits per heavy atom. The van der Waals surface area contributed by atoms with Crippen LogP contribution in [0, 0.1) is 25.5 Å². The summed E-state index contributed by atoms with van der Waals surface area (Å²) in [5.41, 5.74) is 1.67. The van der Waals surface area contributed by atoms with Gasteiger partial charge in [0.2, 0.25) is 0 Å². The largest absolute Gasteiger partial charge is 0.453 e. The van der Waals surface area contributed by atoms with Gasteiger partial charge in [0.25, 0.3) is 5.91 Å². The molecule has 0 unspecified atom stereocenters. The highest BCUT2D eigenvalue weighted by Gasteiger charge is 2.21. The minimum Gasteiger partial charge on any atom is -0.453 e. The van der Waals surface area contributed by atoms with Gasteiger partial charge in [0.05, 0.1) is 6.42 Å². The van der Waals surface area contributed by atoms with E-state index in [0.717, 1.165) is 29.3 Å². The molecular weight excluding hydrogens is 368 g/mol. The summed E-state index contributed by atoms with van der Waals surface area (Å²) in [7, 11) is 0. The molecule has 0 fully saturated rings. The number of hydrogen-bond donors (Lipinski definition) is 1. The standard InChI is InChI=1S/C21H21F2NO4/c1-12-7-8-13(2)15(11-12)18(25)9-10-19(26)28-14(3)21(27)24-20-16(22)5-4-6-17(20)23/h4-8,11,14H,9-10H2,1-3H3,(H,24,27)/t14-/m1/s1. The lowest BCUT2D eigenvalue weighted by molar-refractivity contribution is -0.153. The van der Waals surface area contributed by atoms with Crippen LogP contribution in [0.15, 0.2) is 36.4 Å². The predicted octanol–water partition coefficient (Wildman–Crippen LogP) is 4.11. The third kappa shape index (κ3) is 5.45. The van der Waals surface area contributed by atoms with Crippen LogP contribution in [0.4, 0.5) is 14.5 Å². The number of carbonyl (C=O) groups is 3. The van der Waals surface area contributed by atoms with Crippen LogP contribution in [0.1, 0.15) is 41.3 Å². The number of anilines is 1. The number of carbonyl (C=O) groups excluding carboxylic acids is 3. The van der Waals surface area contributed by atoms with E-state index in [1.807, 2.05) is 19.1 Å². The number of ether oxygens (including phenoxy) is 1. The first-order valence-electron chi connectivity index (χ1n) is 8.74. The monoisotopic (exact) mass is 389 g/mol. The van der Waals surface area contributed by atoms with E-state index in [4.69, 9.17) is 4.74 Å². The molecule has 1 N–H and O–H groups in total. The number of halogens is 2. The summed E-state index contributed by atoms with van der Waals surface area (Å²) in [6, 6.07) is 8.62. The van der Waals surface area contributed by atoms with E-state index in [1.165, 1.54) is 6.92 Å². The Morgan fingerprint density at radius 2 is 1.68 bits per heavy atom. The van der Waals surface area contributed by atoms with Crippen molar-refractivity contribution in [2.45, 2.75) is 39.7 Å². The zero-order chi connectivity index (χ0) is 20.8. The fourth-order valence-electron chi connectivity index (χ4n) is 2.54. The summed E-state index contributed by atoms with van der Waals surface area (Å²) in [6.45, 7) is 4.95. The van der Waals surface area contributed by atoms with Gasteiger partial charge in [0.15, 0.2) is 11.9 Å². The van der Waals surface area contributed by atoms with Gasteiger partial charge >= 0.3 is 5.97 Å². The first-order chi connectivity index (χ1) is 13.2. The Labute approximate surface area is 161 Å². The van der Waals surface area contributed by atoms with Crippen molar-refractivity contribution in [3.8, 4) is 0 Å². The molecular formula is C21H21F2NO4. The SMILES string of the molecule is Cc1ccc(C)c(C(=O)CCC(=O)O[C@H](C)C(=O)Nc2c(F)cccc2F)c1. The van der Waals surface area contributed by atoms with Crippen LogP contribution in [-0.2, 0) is 14.3 Å². The molecule has 7 heteroatoms. The van der Waals surface area contributed by atoms with Crippen LogP contribution in [-0.4, -0.2) is 23.8 Å². The van der Waals surface area contributed by atoms with Gasteiger partial charge < -0.3 is 10.1 Å². The second kappa shape index (κ2) is 9.21. The van der Waals surface area contributed by atoms with Gasteiger partial charge in [-0.3, -0.25) is 14.4 Å². The molecule has 0 saturated heterocycles. The molecule has 0 aromatic heterocycles. The molecule has 0 heterocycles. The number of Topliss-reactive ketones (excluding diaryl/α,β-unsaturated/α-hetero) is 1. The fourth-order valence-corrected chi connectivity index (χ4v) is 2.54. The molecule has 0 aliphatic heterocycles. The van der Waals surface area contributed by atoms with Crippen molar-refractivity contribution in [3.63, 3.8) is 0 Å². The number of benzene rings is 2. The van der Waals surface area contributed by atoms with Gasteiger partial charge in [0.1, 0.15) is 17.3 Å². The molecule has 2 aromatic carbocycles. The van der Waals surface area contributed by atoms with E-state index < -0.39 is 35.3 Å². The lowest BCUT2D eigenvalue weighted by Crippen LogP contribution is -2.30. The Hall–Kier alpha value is -3.09. The van der Waals surface area contributed by atoms with Crippen LogP contribution in [0.2, 0.25) is 0 Å². The molecule has 0 aliphatic rings. The fraction of sp³-hybridized carbons (Fsp3) is 0.286. The molecule has 5 nitrogen and oxygen atoms in total. The average molecular weight is 389 g/mol. The van der Waals surface area contributed by atoms with Crippen molar-refractivity contribution in [2.75, 3.05) is 5.32 Å². The van der Waals surface area contributed by atoms with Crippen LogP contribution >= 0.6 is 0 Å². The Morgan fingerprint density at radius 3 is 2.32 bits per heavy atom. The lowest BCUT2D eigenvalue weighted by atomic mass is 9.99. The highest BCUT2D eigenvalue weighted by atomic mass is 19.1. The number of hydrogen-bond acceptors (Lipinski definition) is 4. The van der Waals surface area contributed by atoms with Gasteiger partial charge in [-0.1, -0.05) is 23.8 Å². The number of nitrogens with one attached hydrogen (secondary N) is 1. The smallest absolute Gasteiger partial charge is 0.307 e. The van der Waals surface area contributed by atoms with E-state index in [9.17, 15) is 23.2 Å². The predicted molar refractivity (Wildman–Crippen MR) is 100 cm³/mol. The van der Waals surface area contributed by atoms with Gasteiger partial charge in [-0.05, 0) is 44.5 Å². The van der Waals surface area contributed by atoms with Crippen LogP contribution in [0.5, 0.6) is 0 Å². The van der Waals surface area contributed by atoms with E-state index >= 15 is 0 Å². The maximum absolute atomic E-state index is 13.6. The summed E-state index contributed by atoms with van der Waals surface area (Å²) < 4.78 is 32.1. The highest BCUT2D eigenvalue weighted by Crippen LogP contribution is 2.19. The molecule has 0 aliphatic carbocycles. The number of aryl methyl sites for hydroxylation is 2. The third-order valence-corrected chi connectivity index (χ3v) is 4.14. The average Bonchev–Trinajstić information content (AvgIpc) is 2.64. The third-order valence-electron chi connectivity index (χ3n) is 4.14. The summed E-state index contributed by atoms with van der Waals surface area (Å²) in [6.07, 6.45) is -1.56. The Kier molecular flexibility index (Phi) is 6.98. The quantitative estimate of drug-likeness (QED) is 0.571. The Bertz CT molecular complexity index is 891. The Balaban J connectivity index is 1.89.